The van der Waals surface area contributed by atoms with Gasteiger partial charge in [-0.3, -0.25) is 0 Å². The third kappa shape index (κ3) is 2.56. The first-order chi connectivity index (χ1) is 8.84. The highest BCUT2D eigenvalue weighted by Crippen LogP contribution is 2.33. The van der Waals surface area contributed by atoms with Gasteiger partial charge < -0.3 is 10.1 Å². The van der Waals surface area contributed by atoms with E-state index in [9.17, 15) is 0 Å². The van der Waals surface area contributed by atoms with Gasteiger partial charge in [0.05, 0.1) is 6.61 Å². The minimum atomic E-state index is 0.491. The SMILES string of the molecule is Clc1cc(C2CCCCN2)ccc1C1CCOC1. The van der Waals surface area contributed by atoms with E-state index >= 15 is 0 Å². The fraction of sp³-hybridized carbons (Fsp3) is 0.600. The fourth-order valence-corrected chi connectivity index (χ4v) is 3.35. The maximum Gasteiger partial charge on any atom is 0.0536 e. The molecule has 1 N–H and O–H groups in total. The highest BCUT2D eigenvalue weighted by Gasteiger charge is 2.21. The topological polar surface area (TPSA) is 21.3 Å². The first-order valence-electron chi connectivity index (χ1n) is 6.95. The van der Waals surface area contributed by atoms with Gasteiger partial charge >= 0.3 is 0 Å². The third-order valence-corrected chi connectivity index (χ3v) is 4.43. The summed E-state index contributed by atoms with van der Waals surface area (Å²) in [4.78, 5) is 0. The Labute approximate surface area is 114 Å². The van der Waals surface area contributed by atoms with E-state index in [1.165, 1.54) is 30.4 Å². The molecule has 2 nitrogen and oxygen atoms in total. The van der Waals surface area contributed by atoms with E-state index in [1.54, 1.807) is 0 Å². The summed E-state index contributed by atoms with van der Waals surface area (Å²) in [5, 5.41) is 4.48. The van der Waals surface area contributed by atoms with Crippen LogP contribution in [0.4, 0.5) is 0 Å². The van der Waals surface area contributed by atoms with Crippen molar-refractivity contribution in [1.82, 2.24) is 5.32 Å². The van der Waals surface area contributed by atoms with Crippen LogP contribution in [-0.4, -0.2) is 19.8 Å². The summed E-state index contributed by atoms with van der Waals surface area (Å²) >= 11 is 6.45. The van der Waals surface area contributed by atoms with Gasteiger partial charge in [-0.05, 0) is 43.0 Å². The Morgan fingerprint density at radius 3 is 2.83 bits per heavy atom. The van der Waals surface area contributed by atoms with Crippen molar-refractivity contribution < 1.29 is 4.74 Å². The van der Waals surface area contributed by atoms with Crippen molar-refractivity contribution >= 4 is 11.6 Å². The van der Waals surface area contributed by atoms with Gasteiger partial charge in [0.1, 0.15) is 0 Å². The third-order valence-electron chi connectivity index (χ3n) is 4.11. The molecule has 2 aliphatic heterocycles. The van der Waals surface area contributed by atoms with E-state index in [2.05, 4.69) is 23.5 Å². The van der Waals surface area contributed by atoms with E-state index in [0.717, 1.165) is 31.2 Å². The molecule has 0 bridgehead atoms. The summed E-state index contributed by atoms with van der Waals surface area (Å²) in [7, 11) is 0. The highest BCUT2D eigenvalue weighted by atomic mass is 35.5. The van der Waals surface area contributed by atoms with Crippen molar-refractivity contribution in [2.75, 3.05) is 19.8 Å². The van der Waals surface area contributed by atoms with Gasteiger partial charge in [0.2, 0.25) is 0 Å². The Bertz CT molecular complexity index is 409. The number of benzene rings is 1. The molecular weight excluding hydrogens is 246 g/mol. The smallest absolute Gasteiger partial charge is 0.0536 e. The largest absolute Gasteiger partial charge is 0.381 e. The van der Waals surface area contributed by atoms with Crippen LogP contribution in [0, 0.1) is 0 Å². The maximum atomic E-state index is 6.45. The van der Waals surface area contributed by atoms with Gasteiger partial charge in [0.15, 0.2) is 0 Å². The normalized spacial score (nSPS) is 28.5. The standard InChI is InChI=1S/C15H20ClNO/c16-14-9-11(15-3-1-2-7-17-15)4-5-13(14)12-6-8-18-10-12/h4-5,9,12,15,17H,1-3,6-8,10H2. The lowest BCUT2D eigenvalue weighted by Gasteiger charge is -2.24. The summed E-state index contributed by atoms with van der Waals surface area (Å²) in [5.41, 5.74) is 2.59. The number of piperidine rings is 1. The van der Waals surface area contributed by atoms with Crippen LogP contribution in [0.25, 0.3) is 0 Å². The molecule has 0 aliphatic carbocycles. The Balaban J connectivity index is 1.79. The van der Waals surface area contributed by atoms with Gasteiger partial charge in [-0.15, -0.1) is 0 Å². The lowest BCUT2D eigenvalue weighted by Crippen LogP contribution is -2.26. The van der Waals surface area contributed by atoms with Crippen molar-refractivity contribution in [2.24, 2.45) is 0 Å². The van der Waals surface area contributed by atoms with Gasteiger partial charge in [-0.2, -0.15) is 0 Å². The molecule has 2 heterocycles. The molecule has 2 saturated heterocycles. The summed E-state index contributed by atoms with van der Waals surface area (Å²) in [5.74, 6) is 0.492. The van der Waals surface area contributed by atoms with Crippen LogP contribution in [0.2, 0.25) is 5.02 Å². The Hall–Kier alpha value is -0.570. The van der Waals surface area contributed by atoms with Gasteiger partial charge in [0.25, 0.3) is 0 Å². The van der Waals surface area contributed by atoms with Crippen LogP contribution in [0.15, 0.2) is 18.2 Å². The first-order valence-corrected chi connectivity index (χ1v) is 7.33. The van der Waals surface area contributed by atoms with Crippen LogP contribution < -0.4 is 5.32 Å². The van der Waals surface area contributed by atoms with Gasteiger partial charge in [-0.1, -0.05) is 30.2 Å². The molecule has 0 spiro atoms. The van der Waals surface area contributed by atoms with E-state index < -0.39 is 0 Å². The molecule has 2 atom stereocenters. The van der Waals surface area contributed by atoms with E-state index in [1.807, 2.05) is 0 Å². The lowest BCUT2D eigenvalue weighted by atomic mass is 9.93. The molecule has 18 heavy (non-hydrogen) atoms. The molecule has 0 radical (unpaired) electrons. The number of rotatable bonds is 2. The van der Waals surface area contributed by atoms with Crippen LogP contribution in [0.5, 0.6) is 0 Å². The molecule has 2 fully saturated rings. The van der Waals surface area contributed by atoms with E-state index in [4.69, 9.17) is 16.3 Å². The van der Waals surface area contributed by atoms with Crippen molar-refractivity contribution in [3.05, 3.63) is 34.3 Å². The number of hydrogen-bond donors (Lipinski definition) is 1. The Morgan fingerprint density at radius 2 is 2.17 bits per heavy atom. The number of hydrogen-bond acceptors (Lipinski definition) is 2. The summed E-state index contributed by atoms with van der Waals surface area (Å²) in [6.07, 6.45) is 4.93. The monoisotopic (exact) mass is 265 g/mol. The van der Waals surface area contributed by atoms with Crippen molar-refractivity contribution in [3.63, 3.8) is 0 Å². The molecule has 0 aromatic heterocycles. The van der Waals surface area contributed by atoms with Crippen LogP contribution >= 0.6 is 11.6 Å². The van der Waals surface area contributed by atoms with Crippen molar-refractivity contribution in [3.8, 4) is 0 Å². The molecule has 3 rings (SSSR count). The van der Waals surface area contributed by atoms with E-state index in [0.29, 0.717) is 12.0 Å². The second-order valence-electron chi connectivity index (χ2n) is 5.34. The quantitative estimate of drug-likeness (QED) is 0.881. The zero-order chi connectivity index (χ0) is 12.4. The highest BCUT2D eigenvalue weighted by molar-refractivity contribution is 6.31. The second-order valence-corrected chi connectivity index (χ2v) is 5.75. The summed E-state index contributed by atoms with van der Waals surface area (Å²) in [6, 6.07) is 7.08. The lowest BCUT2D eigenvalue weighted by molar-refractivity contribution is 0.194. The number of ether oxygens (including phenoxy) is 1. The molecule has 0 amide bonds. The average Bonchev–Trinajstić information content (AvgIpc) is 2.93. The molecule has 2 aliphatic rings. The fourth-order valence-electron chi connectivity index (χ4n) is 3.01. The van der Waals surface area contributed by atoms with Crippen molar-refractivity contribution in [1.29, 1.82) is 0 Å². The predicted molar refractivity (Wildman–Crippen MR) is 74.2 cm³/mol. The van der Waals surface area contributed by atoms with Crippen LogP contribution in [-0.2, 0) is 4.74 Å². The molecule has 1 aromatic rings. The molecule has 3 heteroatoms. The first kappa shape index (κ1) is 12.5. The van der Waals surface area contributed by atoms with Crippen molar-refractivity contribution in [2.45, 2.75) is 37.6 Å². The molecule has 98 valence electrons. The minimum Gasteiger partial charge on any atom is -0.381 e. The van der Waals surface area contributed by atoms with Gasteiger partial charge in [0, 0.05) is 23.6 Å². The molecule has 1 aromatic carbocycles. The molecular formula is C15H20ClNO. The van der Waals surface area contributed by atoms with E-state index in [-0.39, 0.29) is 0 Å². The second kappa shape index (κ2) is 5.60. The zero-order valence-corrected chi connectivity index (χ0v) is 11.4. The zero-order valence-electron chi connectivity index (χ0n) is 10.6. The Morgan fingerprint density at radius 1 is 1.22 bits per heavy atom. The summed E-state index contributed by atoms with van der Waals surface area (Å²) < 4.78 is 5.44. The summed E-state index contributed by atoms with van der Waals surface area (Å²) in [6.45, 7) is 2.81. The van der Waals surface area contributed by atoms with Gasteiger partial charge in [-0.25, -0.2) is 0 Å². The predicted octanol–water partition coefficient (Wildman–Crippen LogP) is 3.66. The minimum absolute atomic E-state index is 0.491. The van der Waals surface area contributed by atoms with Crippen LogP contribution in [0.1, 0.15) is 48.8 Å². The Kier molecular flexibility index (Phi) is 3.88. The maximum absolute atomic E-state index is 6.45. The molecule has 0 saturated carbocycles. The van der Waals surface area contributed by atoms with Crippen LogP contribution in [0.3, 0.4) is 0 Å². The molecule has 2 unspecified atom stereocenters. The number of nitrogens with one attached hydrogen (secondary N) is 1. The average molecular weight is 266 g/mol. The number of halogens is 1.